The summed E-state index contributed by atoms with van der Waals surface area (Å²) in [6.45, 7) is 12.7. The molecule has 0 bridgehead atoms. The summed E-state index contributed by atoms with van der Waals surface area (Å²) in [5.41, 5.74) is 6.93. The van der Waals surface area contributed by atoms with Crippen molar-refractivity contribution in [2.24, 2.45) is 28.4 Å². The average Bonchev–Trinajstić information content (AvgIpc) is 2.52. The van der Waals surface area contributed by atoms with Crippen LogP contribution in [0.2, 0.25) is 0 Å². The molecule has 0 aromatic carbocycles. The summed E-state index contributed by atoms with van der Waals surface area (Å²) in [5.74, 6) is 0.873. The highest BCUT2D eigenvalue weighted by Crippen LogP contribution is 2.53. The number of allylic oxidation sites excluding steroid dienone is 2. The molecule has 0 saturated heterocycles. The maximum Gasteiger partial charge on any atom is 0.311 e. The number of fused-ring (bicyclic) bond motifs is 1. The minimum atomic E-state index is -0.446. The lowest BCUT2D eigenvalue weighted by atomic mass is 9.56. The second-order valence-electron chi connectivity index (χ2n) is 8.55. The van der Waals surface area contributed by atoms with Gasteiger partial charge in [0.1, 0.15) is 6.10 Å². The fraction of sp³-hybridized carbons (Fsp3) is 0.762. The Bertz CT molecular complexity index is 534. The molecule has 3 heteroatoms. The van der Waals surface area contributed by atoms with Gasteiger partial charge in [-0.3, -0.25) is 4.79 Å². The van der Waals surface area contributed by atoms with Crippen LogP contribution in [0.5, 0.6) is 0 Å². The molecule has 0 amide bonds. The standard InChI is InChI=1S/C21H35NO2/c1-7-9-17-14(3)10-11-15-12-16(22)13-18(21(15,17)6)24-19(23)20(4,5)8-2/h10-12,14,16-18H,7-9,13,22H2,1-6H3/t14-,16-,17-,18-,21-/m0/s1. The fourth-order valence-electron chi connectivity index (χ4n) is 4.26. The van der Waals surface area contributed by atoms with Gasteiger partial charge in [-0.15, -0.1) is 0 Å². The Kier molecular flexibility index (Phi) is 5.64. The van der Waals surface area contributed by atoms with Crippen molar-refractivity contribution >= 4 is 5.97 Å². The molecule has 2 aliphatic carbocycles. The van der Waals surface area contributed by atoms with Gasteiger partial charge >= 0.3 is 5.97 Å². The number of carbonyl (C=O) groups excluding carboxylic acids is 1. The molecule has 0 saturated carbocycles. The van der Waals surface area contributed by atoms with E-state index in [0.717, 1.165) is 19.3 Å². The molecular weight excluding hydrogens is 298 g/mol. The van der Waals surface area contributed by atoms with Crippen molar-refractivity contribution in [1.82, 2.24) is 0 Å². The molecule has 0 heterocycles. The van der Waals surface area contributed by atoms with E-state index in [9.17, 15) is 4.79 Å². The third kappa shape index (κ3) is 3.33. The molecule has 0 aliphatic heterocycles. The van der Waals surface area contributed by atoms with Crippen molar-refractivity contribution in [3.63, 3.8) is 0 Å². The lowest BCUT2D eigenvalue weighted by molar-refractivity contribution is -0.169. The second kappa shape index (κ2) is 7.03. The van der Waals surface area contributed by atoms with Crippen LogP contribution in [-0.4, -0.2) is 18.1 Å². The van der Waals surface area contributed by atoms with Crippen LogP contribution in [0.25, 0.3) is 0 Å². The highest BCUT2D eigenvalue weighted by Gasteiger charge is 2.51. The third-order valence-corrected chi connectivity index (χ3v) is 6.44. The molecule has 2 N–H and O–H groups in total. The van der Waals surface area contributed by atoms with E-state index in [1.807, 2.05) is 20.8 Å². The van der Waals surface area contributed by atoms with Gasteiger partial charge in [-0.1, -0.05) is 52.3 Å². The first kappa shape index (κ1) is 19.2. The molecule has 0 aromatic rings. The highest BCUT2D eigenvalue weighted by molar-refractivity contribution is 5.76. The molecule has 0 fully saturated rings. The second-order valence-corrected chi connectivity index (χ2v) is 8.55. The Labute approximate surface area is 147 Å². The molecular formula is C21H35NO2. The summed E-state index contributed by atoms with van der Waals surface area (Å²) >= 11 is 0. The Morgan fingerprint density at radius 2 is 2.08 bits per heavy atom. The largest absolute Gasteiger partial charge is 0.461 e. The monoisotopic (exact) mass is 333 g/mol. The van der Waals surface area contributed by atoms with E-state index in [1.165, 1.54) is 5.57 Å². The fourth-order valence-corrected chi connectivity index (χ4v) is 4.26. The summed E-state index contributed by atoms with van der Waals surface area (Å²) < 4.78 is 6.12. The van der Waals surface area contributed by atoms with Crippen LogP contribution < -0.4 is 5.73 Å². The van der Waals surface area contributed by atoms with Crippen LogP contribution in [0.1, 0.15) is 67.2 Å². The number of rotatable bonds is 5. The van der Waals surface area contributed by atoms with Gasteiger partial charge in [-0.2, -0.15) is 0 Å². The molecule has 24 heavy (non-hydrogen) atoms. The SMILES string of the molecule is CCC[C@H]1[C@@H](C)C=CC2=C[C@H](N)C[C@H](OC(=O)C(C)(C)CC)[C@@]21C. The van der Waals surface area contributed by atoms with E-state index >= 15 is 0 Å². The van der Waals surface area contributed by atoms with E-state index in [4.69, 9.17) is 10.5 Å². The van der Waals surface area contributed by atoms with Crippen LogP contribution in [0.15, 0.2) is 23.8 Å². The number of nitrogens with two attached hydrogens (primary N) is 1. The lowest BCUT2D eigenvalue weighted by Gasteiger charge is -2.51. The predicted octanol–water partition coefficient (Wildman–Crippen LogP) is 4.62. The number of carbonyl (C=O) groups is 1. The zero-order valence-corrected chi connectivity index (χ0v) is 16.3. The van der Waals surface area contributed by atoms with Gasteiger partial charge in [0, 0.05) is 17.9 Å². The predicted molar refractivity (Wildman–Crippen MR) is 99.4 cm³/mol. The molecule has 0 unspecified atom stereocenters. The summed E-state index contributed by atoms with van der Waals surface area (Å²) in [6, 6.07) is -0.0454. The Balaban J connectivity index is 2.39. The third-order valence-electron chi connectivity index (χ3n) is 6.44. The molecule has 0 aromatic heterocycles. The molecule has 0 spiro atoms. The van der Waals surface area contributed by atoms with E-state index in [1.54, 1.807) is 0 Å². The van der Waals surface area contributed by atoms with Crippen LogP contribution in [-0.2, 0) is 9.53 Å². The first-order valence-corrected chi connectivity index (χ1v) is 9.54. The summed E-state index contributed by atoms with van der Waals surface area (Å²) in [5, 5.41) is 0. The number of hydrogen-bond acceptors (Lipinski definition) is 3. The van der Waals surface area contributed by atoms with Crippen LogP contribution in [0.3, 0.4) is 0 Å². The minimum Gasteiger partial charge on any atom is -0.461 e. The van der Waals surface area contributed by atoms with Gasteiger partial charge in [0.2, 0.25) is 0 Å². The molecule has 136 valence electrons. The topological polar surface area (TPSA) is 52.3 Å². The first-order chi connectivity index (χ1) is 11.2. The molecule has 2 rings (SSSR count). The van der Waals surface area contributed by atoms with Gasteiger partial charge in [-0.05, 0) is 44.1 Å². The Morgan fingerprint density at radius 1 is 1.42 bits per heavy atom. The zero-order chi connectivity index (χ0) is 18.1. The van der Waals surface area contributed by atoms with Crippen molar-refractivity contribution in [2.75, 3.05) is 0 Å². The Hall–Kier alpha value is -1.09. The maximum atomic E-state index is 12.7. The van der Waals surface area contributed by atoms with E-state index in [2.05, 4.69) is 39.0 Å². The molecule has 2 aliphatic rings. The number of ether oxygens (including phenoxy) is 1. The van der Waals surface area contributed by atoms with Crippen molar-refractivity contribution in [3.05, 3.63) is 23.8 Å². The average molecular weight is 334 g/mol. The van der Waals surface area contributed by atoms with Crippen molar-refractivity contribution in [2.45, 2.75) is 79.4 Å². The molecule has 3 nitrogen and oxygen atoms in total. The van der Waals surface area contributed by atoms with Crippen LogP contribution >= 0.6 is 0 Å². The minimum absolute atomic E-state index is 0.0454. The van der Waals surface area contributed by atoms with Gasteiger partial charge in [-0.25, -0.2) is 0 Å². The maximum absolute atomic E-state index is 12.7. The van der Waals surface area contributed by atoms with Crippen LogP contribution in [0.4, 0.5) is 0 Å². The first-order valence-electron chi connectivity index (χ1n) is 9.54. The zero-order valence-electron chi connectivity index (χ0n) is 16.3. The van der Waals surface area contributed by atoms with Crippen molar-refractivity contribution in [3.8, 4) is 0 Å². The van der Waals surface area contributed by atoms with E-state index < -0.39 is 5.41 Å². The smallest absolute Gasteiger partial charge is 0.311 e. The van der Waals surface area contributed by atoms with Crippen LogP contribution in [0, 0.1) is 22.7 Å². The van der Waals surface area contributed by atoms with Gasteiger partial charge in [0.05, 0.1) is 5.41 Å². The summed E-state index contributed by atoms with van der Waals surface area (Å²) in [6.07, 6.45) is 10.3. The number of hydrogen-bond donors (Lipinski definition) is 1. The van der Waals surface area contributed by atoms with Gasteiger partial charge in [0.15, 0.2) is 0 Å². The van der Waals surface area contributed by atoms with Gasteiger partial charge < -0.3 is 10.5 Å². The highest BCUT2D eigenvalue weighted by atomic mass is 16.5. The van der Waals surface area contributed by atoms with E-state index in [0.29, 0.717) is 18.3 Å². The summed E-state index contributed by atoms with van der Waals surface area (Å²) in [7, 11) is 0. The van der Waals surface area contributed by atoms with Gasteiger partial charge in [0.25, 0.3) is 0 Å². The molecule has 0 radical (unpaired) electrons. The van der Waals surface area contributed by atoms with Crippen molar-refractivity contribution in [1.29, 1.82) is 0 Å². The molecule has 5 atom stereocenters. The quantitative estimate of drug-likeness (QED) is 0.747. The Morgan fingerprint density at radius 3 is 2.67 bits per heavy atom. The van der Waals surface area contributed by atoms with Crippen molar-refractivity contribution < 1.29 is 9.53 Å². The number of esters is 1. The normalized spacial score (nSPS) is 36.0. The summed E-state index contributed by atoms with van der Waals surface area (Å²) in [4.78, 5) is 12.7. The van der Waals surface area contributed by atoms with E-state index in [-0.39, 0.29) is 23.5 Å². The lowest BCUT2D eigenvalue weighted by Crippen LogP contribution is -2.52.